The molecule has 0 bridgehead atoms. The van der Waals surface area contributed by atoms with E-state index in [0.29, 0.717) is 13.2 Å². The van der Waals surface area contributed by atoms with E-state index in [4.69, 9.17) is 4.74 Å². The molecular weight excluding hydrogens is 188 g/mol. The van der Waals surface area contributed by atoms with Crippen LogP contribution in [0.4, 0.5) is 0 Å². The van der Waals surface area contributed by atoms with Crippen molar-refractivity contribution in [2.75, 3.05) is 13.2 Å². The molecule has 15 heavy (non-hydrogen) atoms. The van der Waals surface area contributed by atoms with Gasteiger partial charge in [-0.3, -0.25) is 0 Å². The Morgan fingerprint density at radius 2 is 2.07 bits per heavy atom. The molecule has 0 aliphatic heterocycles. The summed E-state index contributed by atoms with van der Waals surface area (Å²) in [6.45, 7) is 7.20. The zero-order valence-corrected chi connectivity index (χ0v) is 9.79. The fourth-order valence-corrected chi connectivity index (χ4v) is 1.55. The molecule has 0 saturated heterocycles. The molecule has 0 aromatic heterocycles. The number of aryl methyl sites for hydroxylation is 2. The summed E-state index contributed by atoms with van der Waals surface area (Å²) >= 11 is 0. The third kappa shape index (κ3) is 3.65. The molecule has 0 spiro atoms. The van der Waals surface area contributed by atoms with Gasteiger partial charge in [0.25, 0.3) is 0 Å². The average Bonchev–Trinajstić information content (AvgIpc) is 2.22. The van der Waals surface area contributed by atoms with Crippen molar-refractivity contribution >= 4 is 0 Å². The molecule has 0 aliphatic carbocycles. The predicted octanol–water partition coefficient (Wildman–Crippen LogP) is 2.76. The summed E-state index contributed by atoms with van der Waals surface area (Å²) in [5, 5.41) is 9.93. The van der Waals surface area contributed by atoms with E-state index >= 15 is 0 Å². The van der Waals surface area contributed by atoms with Crippen molar-refractivity contribution in [2.45, 2.75) is 33.3 Å². The summed E-state index contributed by atoms with van der Waals surface area (Å²) in [7, 11) is 0. The number of aliphatic hydroxyl groups excluding tert-OH is 1. The van der Waals surface area contributed by atoms with Crippen molar-refractivity contribution in [3.05, 3.63) is 34.9 Å². The first-order valence-electron chi connectivity index (χ1n) is 5.48. The van der Waals surface area contributed by atoms with E-state index in [0.717, 1.165) is 17.5 Å². The quantitative estimate of drug-likeness (QED) is 0.754. The Labute approximate surface area is 91.9 Å². The van der Waals surface area contributed by atoms with Gasteiger partial charge in [0.2, 0.25) is 0 Å². The number of aliphatic hydroxyl groups is 1. The van der Waals surface area contributed by atoms with Crippen LogP contribution >= 0.6 is 0 Å². The lowest BCUT2D eigenvalue weighted by Gasteiger charge is -2.14. The summed E-state index contributed by atoms with van der Waals surface area (Å²) in [5.74, 6) is 0. The molecule has 1 aromatic carbocycles. The third-order valence-corrected chi connectivity index (χ3v) is 2.42. The summed E-state index contributed by atoms with van der Waals surface area (Å²) in [6, 6.07) is 6.11. The number of hydrogen-bond acceptors (Lipinski definition) is 2. The topological polar surface area (TPSA) is 29.5 Å². The number of ether oxygens (including phenoxy) is 1. The van der Waals surface area contributed by atoms with Gasteiger partial charge in [-0.2, -0.15) is 0 Å². The molecule has 0 saturated carbocycles. The lowest BCUT2D eigenvalue weighted by molar-refractivity contribution is 0.0360. The maximum atomic E-state index is 9.93. The summed E-state index contributed by atoms with van der Waals surface area (Å²) in [4.78, 5) is 0. The first-order chi connectivity index (χ1) is 7.15. The van der Waals surface area contributed by atoms with E-state index in [9.17, 15) is 5.11 Å². The number of rotatable bonds is 5. The molecule has 2 heteroatoms. The van der Waals surface area contributed by atoms with Crippen LogP contribution in [0.15, 0.2) is 18.2 Å². The molecule has 1 N–H and O–H groups in total. The van der Waals surface area contributed by atoms with Crippen LogP contribution in [0.1, 0.15) is 36.1 Å². The van der Waals surface area contributed by atoms with Crippen molar-refractivity contribution in [3.8, 4) is 0 Å². The zero-order chi connectivity index (χ0) is 11.3. The molecule has 1 unspecified atom stereocenters. The lowest BCUT2D eigenvalue weighted by atomic mass is 10.0. The Morgan fingerprint density at radius 1 is 1.33 bits per heavy atom. The fourth-order valence-electron chi connectivity index (χ4n) is 1.55. The standard InChI is InChI=1S/C13H20O2/c1-4-7-15-9-13(14)12-8-10(2)5-6-11(12)3/h5-6,8,13-14H,4,7,9H2,1-3H3. The highest BCUT2D eigenvalue weighted by Crippen LogP contribution is 2.19. The van der Waals surface area contributed by atoms with Gasteiger partial charge >= 0.3 is 0 Å². The summed E-state index contributed by atoms with van der Waals surface area (Å²) in [5.41, 5.74) is 3.27. The Hall–Kier alpha value is -0.860. The summed E-state index contributed by atoms with van der Waals surface area (Å²) in [6.07, 6.45) is 0.482. The zero-order valence-electron chi connectivity index (χ0n) is 9.79. The summed E-state index contributed by atoms with van der Waals surface area (Å²) < 4.78 is 5.34. The first kappa shape index (κ1) is 12.2. The Bertz CT molecular complexity index is 307. The van der Waals surface area contributed by atoms with Gasteiger partial charge in [0, 0.05) is 6.61 Å². The second kappa shape index (κ2) is 5.89. The molecular formula is C13H20O2. The molecule has 0 aliphatic rings. The highest BCUT2D eigenvalue weighted by molar-refractivity contribution is 5.32. The monoisotopic (exact) mass is 208 g/mol. The van der Waals surface area contributed by atoms with Gasteiger partial charge < -0.3 is 9.84 Å². The fraction of sp³-hybridized carbons (Fsp3) is 0.538. The van der Waals surface area contributed by atoms with E-state index in [-0.39, 0.29) is 0 Å². The van der Waals surface area contributed by atoms with Gasteiger partial charge in [-0.05, 0) is 31.4 Å². The molecule has 1 rings (SSSR count). The maximum Gasteiger partial charge on any atom is 0.103 e. The van der Waals surface area contributed by atoms with E-state index in [2.05, 4.69) is 13.0 Å². The molecule has 0 fully saturated rings. The van der Waals surface area contributed by atoms with Crippen LogP contribution in [0.5, 0.6) is 0 Å². The molecule has 0 radical (unpaired) electrons. The van der Waals surface area contributed by atoms with Crippen LogP contribution in [-0.2, 0) is 4.74 Å². The van der Waals surface area contributed by atoms with Gasteiger partial charge in [-0.1, -0.05) is 30.7 Å². The van der Waals surface area contributed by atoms with Crippen LogP contribution in [0.3, 0.4) is 0 Å². The van der Waals surface area contributed by atoms with Gasteiger partial charge in [0.1, 0.15) is 6.10 Å². The molecule has 1 atom stereocenters. The predicted molar refractivity (Wildman–Crippen MR) is 62.0 cm³/mol. The first-order valence-corrected chi connectivity index (χ1v) is 5.48. The van der Waals surface area contributed by atoms with E-state index in [1.807, 2.05) is 26.0 Å². The number of benzene rings is 1. The van der Waals surface area contributed by atoms with Crippen LogP contribution in [0.2, 0.25) is 0 Å². The second-order valence-electron chi connectivity index (χ2n) is 3.95. The molecule has 0 heterocycles. The minimum Gasteiger partial charge on any atom is -0.386 e. The van der Waals surface area contributed by atoms with E-state index in [1.165, 1.54) is 5.56 Å². The highest BCUT2D eigenvalue weighted by atomic mass is 16.5. The second-order valence-corrected chi connectivity index (χ2v) is 3.95. The molecule has 0 amide bonds. The maximum absolute atomic E-state index is 9.93. The van der Waals surface area contributed by atoms with E-state index in [1.54, 1.807) is 0 Å². The molecule has 2 nitrogen and oxygen atoms in total. The van der Waals surface area contributed by atoms with Crippen molar-refractivity contribution in [1.29, 1.82) is 0 Å². The minimum atomic E-state index is -0.503. The van der Waals surface area contributed by atoms with Gasteiger partial charge in [0.15, 0.2) is 0 Å². The van der Waals surface area contributed by atoms with E-state index < -0.39 is 6.10 Å². The highest BCUT2D eigenvalue weighted by Gasteiger charge is 2.10. The van der Waals surface area contributed by atoms with Crippen LogP contribution in [-0.4, -0.2) is 18.3 Å². The van der Waals surface area contributed by atoms with Crippen LogP contribution in [0, 0.1) is 13.8 Å². The van der Waals surface area contributed by atoms with Crippen molar-refractivity contribution < 1.29 is 9.84 Å². The van der Waals surface area contributed by atoms with Crippen LogP contribution in [0.25, 0.3) is 0 Å². The minimum absolute atomic E-state index is 0.387. The Morgan fingerprint density at radius 3 is 2.73 bits per heavy atom. The average molecular weight is 208 g/mol. The van der Waals surface area contributed by atoms with Crippen LogP contribution < -0.4 is 0 Å². The number of hydrogen-bond donors (Lipinski definition) is 1. The molecule has 84 valence electrons. The lowest BCUT2D eigenvalue weighted by Crippen LogP contribution is -2.09. The Kier molecular flexibility index (Phi) is 4.79. The Balaban J connectivity index is 2.64. The van der Waals surface area contributed by atoms with Crippen molar-refractivity contribution in [3.63, 3.8) is 0 Å². The smallest absolute Gasteiger partial charge is 0.103 e. The SMILES string of the molecule is CCCOCC(O)c1cc(C)ccc1C. The van der Waals surface area contributed by atoms with Crippen molar-refractivity contribution in [2.24, 2.45) is 0 Å². The largest absolute Gasteiger partial charge is 0.386 e. The molecule has 1 aromatic rings. The van der Waals surface area contributed by atoms with Gasteiger partial charge in [0.05, 0.1) is 6.61 Å². The van der Waals surface area contributed by atoms with Crippen molar-refractivity contribution in [1.82, 2.24) is 0 Å². The normalized spacial score (nSPS) is 12.8. The van der Waals surface area contributed by atoms with Gasteiger partial charge in [-0.15, -0.1) is 0 Å². The third-order valence-electron chi connectivity index (χ3n) is 2.42. The van der Waals surface area contributed by atoms with Gasteiger partial charge in [-0.25, -0.2) is 0 Å².